The Balaban J connectivity index is 2.52. The highest BCUT2D eigenvalue weighted by Gasteiger charge is 2.19. The molecule has 0 N–H and O–H groups in total. The van der Waals surface area contributed by atoms with Crippen LogP contribution in [0.5, 0.6) is 0 Å². The zero-order chi connectivity index (χ0) is 14.5. The van der Waals surface area contributed by atoms with Crippen molar-refractivity contribution in [3.05, 3.63) is 42.4 Å². The fourth-order valence-corrected chi connectivity index (χ4v) is 1.83. The number of ketones is 1. The van der Waals surface area contributed by atoms with Gasteiger partial charge in [-0.25, -0.2) is 0 Å². The third kappa shape index (κ3) is 3.03. The first-order valence-electron chi connectivity index (χ1n) is 5.95. The molecule has 0 saturated heterocycles. The Kier molecular flexibility index (Phi) is 4.47. The minimum absolute atomic E-state index is 0.124. The summed E-state index contributed by atoms with van der Waals surface area (Å²) in [5.74, 6) is 0.0179. The molecule has 0 aliphatic rings. The van der Waals surface area contributed by atoms with Gasteiger partial charge in [0.25, 0.3) is 0 Å². The number of hydrogen-bond acceptors (Lipinski definition) is 5. The second kappa shape index (κ2) is 6.29. The van der Waals surface area contributed by atoms with Gasteiger partial charge < -0.3 is 4.90 Å². The van der Waals surface area contributed by atoms with Crippen LogP contribution in [0.15, 0.2) is 36.5 Å². The summed E-state index contributed by atoms with van der Waals surface area (Å²) in [5.41, 5.74) is 1.15. The fourth-order valence-electron chi connectivity index (χ4n) is 1.68. The highest BCUT2D eigenvalue weighted by molar-refractivity contribution is 6.37. The molecule has 0 aliphatic carbocycles. The molecule has 2 rings (SSSR count). The van der Waals surface area contributed by atoms with Gasteiger partial charge in [-0.2, -0.15) is 4.68 Å². The standard InChI is InChI=1S/C13H14ClN5O/c1-18(2)9-11(12(20)8-14)13-15-16-17-19(13)10-6-4-3-5-7-10/h3-7,9H,8H2,1-2H3/b11-9-. The molecule has 0 saturated carbocycles. The first-order valence-corrected chi connectivity index (χ1v) is 6.48. The maximum Gasteiger partial charge on any atom is 0.192 e. The summed E-state index contributed by atoms with van der Waals surface area (Å²) in [5, 5.41) is 11.5. The molecule has 0 bridgehead atoms. The Bertz CT molecular complexity index is 621. The Hall–Kier alpha value is -2.21. The van der Waals surface area contributed by atoms with Crippen LogP contribution >= 0.6 is 11.6 Å². The van der Waals surface area contributed by atoms with Gasteiger partial charge in [-0.15, -0.1) is 16.7 Å². The summed E-state index contributed by atoms with van der Waals surface area (Å²) in [7, 11) is 3.64. The van der Waals surface area contributed by atoms with Crippen molar-refractivity contribution in [1.82, 2.24) is 25.1 Å². The Morgan fingerprint density at radius 2 is 2.05 bits per heavy atom. The van der Waals surface area contributed by atoms with E-state index in [1.165, 1.54) is 4.68 Å². The second-order valence-corrected chi connectivity index (χ2v) is 4.58. The highest BCUT2D eigenvalue weighted by atomic mass is 35.5. The lowest BCUT2D eigenvalue weighted by Gasteiger charge is -2.10. The molecule has 0 fully saturated rings. The minimum atomic E-state index is -0.229. The van der Waals surface area contributed by atoms with Gasteiger partial charge in [0.05, 0.1) is 17.1 Å². The third-order valence-corrected chi connectivity index (χ3v) is 2.76. The molecule has 20 heavy (non-hydrogen) atoms. The molecular formula is C13H14ClN5O. The summed E-state index contributed by atoms with van der Waals surface area (Å²) in [6.07, 6.45) is 1.66. The molecule has 1 aromatic carbocycles. The van der Waals surface area contributed by atoms with Crippen LogP contribution in [-0.4, -0.2) is 50.9 Å². The molecule has 0 radical (unpaired) electrons. The number of allylic oxidation sites excluding steroid dienone is 1. The first-order chi connectivity index (χ1) is 9.63. The smallest absolute Gasteiger partial charge is 0.192 e. The van der Waals surface area contributed by atoms with Crippen LogP contribution in [0.25, 0.3) is 11.3 Å². The number of tetrazole rings is 1. The number of Topliss-reactive ketones (excluding diaryl/α,β-unsaturated/α-hetero) is 1. The Morgan fingerprint density at radius 1 is 1.35 bits per heavy atom. The van der Waals surface area contributed by atoms with Gasteiger partial charge >= 0.3 is 0 Å². The second-order valence-electron chi connectivity index (χ2n) is 4.31. The molecule has 0 amide bonds. The average molecular weight is 292 g/mol. The molecule has 7 heteroatoms. The highest BCUT2D eigenvalue weighted by Crippen LogP contribution is 2.17. The summed E-state index contributed by atoms with van der Waals surface area (Å²) >= 11 is 5.66. The van der Waals surface area contributed by atoms with Crippen LogP contribution in [0.1, 0.15) is 5.82 Å². The van der Waals surface area contributed by atoms with E-state index < -0.39 is 0 Å². The van der Waals surface area contributed by atoms with Gasteiger partial charge in [-0.05, 0) is 22.6 Å². The molecule has 1 heterocycles. The Labute approximate surface area is 121 Å². The molecule has 6 nitrogen and oxygen atoms in total. The van der Waals surface area contributed by atoms with E-state index >= 15 is 0 Å². The minimum Gasteiger partial charge on any atom is -0.383 e. The number of rotatable bonds is 5. The molecule has 0 atom stereocenters. The maximum atomic E-state index is 12.0. The van der Waals surface area contributed by atoms with E-state index in [1.54, 1.807) is 11.1 Å². The van der Waals surface area contributed by atoms with Crippen LogP contribution < -0.4 is 0 Å². The summed E-state index contributed by atoms with van der Waals surface area (Å²) in [6, 6.07) is 9.36. The van der Waals surface area contributed by atoms with Crippen molar-refractivity contribution >= 4 is 23.0 Å². The number of carbonyl (C=O) groups is 1. The van der Waals surface area contributed by atoms with E-state index in [0.717, 1.165) is 5.69 Å². The number of benzene rings is 1. The monoisotopic (exact) mass is 291 g/mol. The zero-order valence-corrected chi connectivity index (χ0v) is 11.9. The number of para-hydroxylation sites is 1. The number of halogens is 1. The van der Waals surface area contributed by atoms with Crippen LogP contribution in [-0.2, 0) is 4.79 Å². The number of carbonyl (C=O) groups excluding carboxylic acids is 1. The van der Waals surface area contributed by atoms with Gasteiger partial charge in [0.15, 0.2) is 11.6 Å². The molecule has 0 aliphatic heterocycles. The number of hydrogen-bond donors (Lipinski definition) is 0. The molecule has 1 aromatic heterocycles. The summed E-state index contributed by atoms with van der Waals surface area (Å²) < 4.78 is 1.51. The average Bonchev–Trinajstić information content (AvgIpc) is 2.93. The van der Waals surface area contributed by atoms with Crippen molar-refractivity contribution < 1.29 is 4.79 Å². The van der Waals surface area contributed by atoms with Crippen LogP contribution in [0, 0.1) is 0 Å². The van der Waals surface area contributed by atoms with E-state index in [2.05, 4.69) is 15.5 Å². The SMILES string of the molecule is CN(C)/C=C(/C(=O)CCl)c1nnnn1-c1ccccc1. The lowest BCUT2D eigenvalue weighted by molar-refractivity contribution is -0.111. The summed E-state index contributed by atoms with van der Waals surface area (Å²) in [6.45, 7) is 0. The van der Waals surface area contributed by atoms with Gasteiger partial charge in [0.2, 0.25) is 0 Å². The van der Waals surface area contributed by atoms with E-state index in [-0.39, 0.29) is 11.7 Å². The topological polar surface area (TPSA) is 63.9 Å². The molecular weight excluding hydrogens is 278 g/mol. The molecule has 104 valence electrons. The van der Waals surface area contributed by atoms with E-state index in [4.69, 9.17) is 11.6 Å². The Morgan fingerprint density at radius 3 is 2.65 bits per heavy atom. The zero-order valence-electron chi connectivity index (χ0n) is 11.2. The molecule has 0 unspecified atom stereocenters. The molecule has 2 aromatic rings. The van der Waals surface area contributed by atoms with Crippen molar-refractivity contribution in [2.75, 3.05) is 20.0 Å². The quantitative estimate of drug-likeness (QED) is 0.615. The maximum absolute atomic E-state index is 12.0. The third-order valence-electron chi connectivity index (χ3n) is 2.52. The predicted octanol–water partition coefficient (Wildman–Crippen LogP) is 1.37. The van der Waals surface area contributed by atoms with Gasteiger partial charge in [0.1, 0.15) is 0 Å². The number of nitrogens with zero attached hydrogens (tertiary/aromatic N) is 5. The lowest BCUT2D eigenvalue weighted by atomic mass is 10.2. The predicted molar refractivity (Wildman–Crippen MR) is 76.5 cm³/mol. The van der Waals surface area contributed by atoms with Crippen molar-refractivity contribution in [3.8, 4) is 5.69 Å². The lowest BCUT2D eigenvalue weighted by Crippen LogP contribution is -2.14. The van der Waals surface area contributed by atoms with Gasteiger partial charge in [0, 0.05) is 20.3 Å². The summed E-state index contributed by atoms with van der Waals surface area (Å²) in [4.78, 5) is 13.7. The largest absolute Gasteiger partial charge is 0.383 e. The van der Waals surface area contributed by atoms with E-state index in [1.807, 2.05) is 44.4 Å². The molecule has 0 spiro atoms. The normalized spacial score (nSPS) is 11.4. The fraction of sp³-hybridized carbons (Fsp3) is 0.231. The van der Waals surface area contributed by atoms with Crippen molar-refractivity contribution in [1.29, 1.82) is 0 Å². The van der Waals surface area contributed by atoms with E-state index in [9.17, 15) is 4.79 Å². The van der Waals surface area contributed by atoms with Crippen LogP contribution in [0.3, 0.4) is 0 Å². The van der Waals surface area contributed by atoms with Crippen LogP contribution in [0.2, 0.25) is 0 Å². The van der Waals surface area contributed by atoms with Crippen molar-refractivity contribution in [3.63, 3.8) is 0 Å². The number of aromatic nitrogens is 4. The van der Waals surface area contributed by atoms with Crippen molar-refractivity contribution in [2.24, 2.45) is 0 Å². The van der Waals surface area contributed by atoms with Gasteiger partial charge in [-0.3, -0.25) is 4.79 Å². The van der Waals surface area contributed by atoms with Crippen molar-refractivity contribution in [2.45, 2.75) is 0 Å². The van der Waals surface area contributed by atoms with Gasteiger partial charge in [-0.1, -0.05) is 18.2 Å². The van der Waals surface area contributed by atoms with Crippen LogP contribution in [0.4, 0.5) is 0 Å². The number of alkyl halides is 1. The first kappa shape index (κ1) is 14.2. The van der Waals surface area contributed by atoms with E-state index in [0.29, 0.717) is 11.4 Å².